The minimum absolute atomic E-state index is 0.0898. The average molecular weight is 487 g/mol. The first-order valence-electron chi connectivity index (χ1n) is 11.4. The number of aliphatic hydroxyl groups is 1. The molecule has 2 aliphatic heterocycles. The summed E-state index contributed by atoms with van der Waals surface area (Å²) >= 11 is 1.78. The molecule has 1 aromatic carbocycles. The molecule has 34 heavy (non-hydrogen) atoms. The number of hydrogen-bond acceptors (Lipinski definition) is 9. The molecule has 5 rings (SSSR count). The number of fused-ring (bicyclic) bond motifs is 2. The Labute approximate surface area is 201 Å². The highest BCUT2D eigenvalue weighted by Crippen LogP contribution is 2.32. The molecule has 0 aliphatic carbocycles. The van der Waals surface area contributed by atoms with Crippen LogP contribution >= 0.6 is 11.8 Å². The quantitative estimate of drug-likeness (QED) is 0.522. The van der Waals surface area contributed by atoms with Crippen LogP contribution in [0.1, 0.15) is 24.1 Å². The second-order valence-electron chi connectivity index (χ2n) is 8.42. The van der Waals surface area contributed by atoms with Gasteiger partial charge in [0.05, 0.1) is 66.5 Å². The van der Waals surface area contributed by atoms with Crippen molar-refractivity contribution in [2.45, 2.75) is 49.0 Å². The van der Waals surface area contributed by atoms with Crippen molar-refractivity contribution in [3.05, 3.63) is 47.7 Å². The molecule has 0 spiro atoms. The molecule has 0 saturated carbocycles. The number of halogens is 1. The summed E-state index contributed by atoms with van der Waals surface area (Å²) in [5.41, 5.74) is 2.23. The average Bonchev–Trinajstić information content (AvgIpc) is 2.89. The van der Waals surface area contributed by atoms with Crippen LogP contribution in [-0.4, -0.2) is 64.4 Å². The van der Waals surface area contributed by atoms with Gasteiger partial charge in [-0.15, -0.1) is 11.8 Å². The predicted octanol–water partition coefficient (Wildman–Crippen LogP) is 2.90. The number of nitrogens with zero attached hydrogens (tertiary/aromatic N) is 3. The summed E-state index contributed by atoms with van der Waals surface area (Å²) in [6, 6.07) is 5.16. The van der Waals surface area contributed by atoms with Crippen LogP contribution in [0.15, 0.2) is 35.5 Å². The van der Waals surface area contributed by atoms with Crippen molar-refractivity contribution in [1.82, 2.24) is 20.3 Å². The number of pyridine rings is 1. The lowest BCUT2D eigenvalue weighted by Crippen LogP contribution is -2.44. The highest BCUT2D eigenvalue weighted by atomic mass is 32.2. The van der Waals surface area contributed by atoms with Crippen molar-refractivity contribution in [3.63, 3.8) is 0 Å². The lowest BCUT2D eigenvalue weighted by Gasteiger charge is -2.32. The number of thioether (sulfide) groups is 1. The van der Waals surface area contributed by atoms with E-state index in [1.807, 2.05) is 0 Å². The number of hydrogen-bond donors (Lipinski definition) is 2. The maximum Gasteiger partial charge on any atom is 0.232 e. The Morgan fingerprint density at radius 2 is 2.21 bits per heavy atom. The molecule has 0 radical (unpaired) electrons. The zero-order chi connectivity index (χ0) is 23.5. The van der Waals surface area contributed by atoms with Gasteiger partial charge in [-0.25, -0.2) is 14.4 Å². The van der Waals surface area contributed by atoms with E-state index in [-0.39, 0.29) is 18.6 Å². The molecule has 4 heterocycles. The van der Waals surface area contributed by atoms with Gasteiger partial charge in [0.2, 0.25) is 5.88 Å². The van der Waals surface area contributed by atoms with Crippen molar-refractivity contribution >= 4 is 22.8 Å². The van der Waals surface area contributed by atoms with Gasteiger partial charge in [0, 0.05) is 30.3 Å². The minimum atomic E-state index is -0.853. The topological polar surface area (TPSA) is 98.6 Å². The van der Waals surface area contributed by atoms with Crippen LogP contribution in [-0.2, 0) is 17.7 Å². The van der Waals surface area contributed by atoms with Crippen molar-refractivity contribution in [1.29, 1.82) is 0 Å². The Kier molecular flexibility index (Phi) is 7.10. The van der Waals surface area contributed by atoms with E-state index in [1.54, 1.807) is 24.0 Å². The summed E-state index contributed by atoms with van der Waals surface area (Å²) in [6.45, 7) is 1.82. The monoisotopic (exact) mass is 486 g/mol. The highest BCUT2D eigenvalue weighted by Gasteiger charge is 2.29. The molecule has 1 saturated heterocycles. The fourth-order valence-electron chi connectivity index (χ4n) is 4.30. The van der Waals surface area contributed by atoms with E-state index in [0.717, 1.165) is 35.1 Å². The predicted molar refractivity (Wildman–Crippen MR) is 126 cm³/mol. The zero-order valence-corrected chi connectivity index (χ0v) is 19.7. The molecule has 180 valence electrons. The fourth-order valence-corrected chi connectivity index (χ4v) is 5.16. The Morgan fingerprint density at radius 3 is 3.03 bits per heavy atom. The molecular formula is C24H27FN4O4S. The number of methoxy groups -OCH3 is 1. The van der Waals surface area contributed by atoms with Crippen molar-refractivity contribution in [3.8, 4) is 11.6 Å². The number of aromatic nitrogens is 3. The van der Waals surface area contributed by atoms with Crippen LogP contribution in [0.3, 0.4) is 0 Å². The minimum Gasteiger partial charge on any atom is -0.490 e. The molecule has 8 nitrogen and oxygen atoms in total. The summed E-state index contributed by atoms with van der Waals surface area (Å²) in [6.07, 6.45) is 3.65. The largest absolute Gasteiger partial charge is 0.490 e. The maximum atomic E-state index is 14.6. The van der Waals surface area contributed by atoms with Gasteiger partial charge < -0.3 is 24.6 Å². The number of aliphatic hydroxyl groups excluding tert-OH is 1. The lowest BCUT2D eigenvalue weighted by atomic mass is 9.95. The number of benzene rings is 1. The molecule has 2 aliphatic rings. The summed E-state index contributed by atoms with van der Waals surface area (Å²) in [5.74, 6) is 1.68. The van der Waals surface area contributed by atoms with Crippen molar-refractivity contribution in [2.75, 3.05) is 26.1 Å². The molecule has 1 fully saturated rings. The summed E-state index contributed by atoms with van der Waals surface area (Å²) in [5, 5.41) is 14.3. The molecule has 0 unspecified atom stereocenters. The fraction of sp³-hybridized carbons (Fsp3) is 0.458. The lowest BCUT2D eigenvalue weighted by molar-refractivity contribution is -0.0719. The van der Waals surface area contributed by atoms with E-state index < -0.39 is 11.9 Å². The first-order valence-corrected chi connectivity index (χ1v) is 12.3. The summed E-state index contributed by atoms with van der Waals surface area (Å²) in [4.78, 5) is 14.2. The van der Waals surface area contributed by atoms with Crippen LogP contribution in [0.25, 0.3) is 11.0 Å². The molecule has 3 aromatic rings. The van der Waals surface area contributed by atoms with Crippen LogP contribution in [0.4, 0.5) is 4.39 Å². The molecular weight excluding hydrogens is 459 g/mol. The number of nitrogens with one attached hydrogen (secondary N) is 1. The van der Waals surface area contributed by atoms with Crippen LogP contribution < -0.4 is 14.8 Å². The van der Waals surface area contributed by atoms with E-state index in [1.165, 1.54) is 19.4 Å². The van der Waals surface area contributed by atoms with Gasteiger partial charge in [-0.05, 0) is 31.0 Å². The standard InChI is InChI=1S/C24H27FN4O4S/c1-31-23-12-28-18-4-3-17(25)16(24(18)29-23)9-19(30)20-5-2-14(13-33-20)26-10-15-8-22-21(11-27-15)32-6-7-34-22/h3-4,8,11-12,14,19-20,26,30H,2,5-7,9-10,13H2,1H3/t14-,19+,20-/m1/s1. The maximum absolute atomic E-state index is 14.6. The van der Waals surface area contributed by atoms with Crippen molar-refractivity contribution in [2.24, 2.45) is 0 Å². The van der Waals surface area contributed by atoms with Gasteiger partial charge in [0.1, 0.15) is 5.82 Å². The van der Waals surface area contributed by atoms with Gasteiger partial charge >= 0.3 is 0 Å². The molecule has 3 atom stereocenters. The Morgan fingerprint density at radius 1 is 1.29 bits per heavy atom. The Bertz CT molecular complexity index is 1160. The third kappa shape index (κ3) is 5.10. The number of rotatable bonds is 7. The number of ether oxygens (including phenoxy) is 3. The smallest absolute Gasteiger partial charge is 0.232 e. The normalized spacial score (nSPS) is 21.0. The highest BCUT2D eigenvalue weighted by molar-refractivity contribution is 7.99. The molecule has 10 heteroatoms. The second kappa shape index (κ2) is 10.4. The first kappa shape index (κ1) is 23.2. The molecule has 0 amide bonds. The van der Waals surface area contributed by atoms with Gasteiger partial charge in [-0.3, -0.25) is 4.98 Å². The van der Waals surface area contributed by atoms with Crippen LogP contribution in [0.2, 0.25) is 0 Å². The van der Waals surface area contributed by atoms with Crippen LogP contribution in [0, 0.1) is 5.82 Å². The van der Waals surface area contributed by atoms with E-state index in [4.69, 9.17) is 14.2 Å². The molecule has 0 bridgehead atoms. The third-order valence-corrected chi connectivity index (χ3v) is 7.16. The van der Waals surface area contributed by atoms with Gasteiger partial charge in [0.25, 0.3) is 0 Å². The summed E-state index contributed by atoms with van der Waals surface area (Å²) < 4.78 is 31.3. The van der Waals surface area contributed by atoms with Gasteiger partial charge in [-0.1, -0.05) is 0 Å². The van der Waals surface area contributed by atoms with E-state index in [9.17, 15) is 9.50 Å². The van der Waals surface area contributed by atoms with E-state index in [2.05, 4.69) is 26.3 Å². The van der Waals surface area contributed by atoms with Crippen molar-refractivity contribution < 1.29 is 23.7 Å². The van der Waals surface area contributed by atoms with Crippen LogP contribution in [0.5, 0.6) is 11.6 Å². The van der Waals surface area contributed by atoms with Gasteiger partial charge in [0.15, 0.2) is 5.75 Å². The Balaban J connectivity index is 1.16. The molecule has 2 N–H and O–H groups in total. The summed E-state index contributed by atoms with van der Waals surface area (Å²) in [7, 11) is 1.49. The van der Waals surface area contributed by atoms with E-state index >= 15 is 0 Å². The second-order valence-corrected chi connectivity index (χ2v) is 9.56. The van der Waals surface area contributed by atoms with E-state index in [0.29, 0.717) is 42.0 Å². The Hall–Kier alpha value is -2.53. The third-order valence-electron chi connectivity index (χ3n) is 6.16. The SMILES string of the molecule is COc1cnc2ccc(F)c(C[C@H](O)[C@H]3CC[C@@H](NCc4cc5c(cn4)OCCS5)CO3)c2n1. The first-order chi connectivity index (χ1) is 16.6. The van der Waals surface area contributed by atoms with Gasteiger partial charge in [-0.2, -0.15) is 0 Å². The zero-order valence-electron chi connectivity index (χ0n) is 18.9. The molecule has 2 aromatic heterocycles.